The Morgan fingerprint density at radius 3 is 2.07 bits per heavy atom. The highest BCUT2D eigenvalue weighted by molar-refractivity contribution is 6.22. The van der Waals surface area contributed by atoms with Crippen LogP contribution in [-0.4, -0.2) is 48.4 Å². The van der Waals surface area contributed by atoms with Crippen molar-refractivity contribution in [1.82, 2.24) is 10.2 Å². The predicted molar refractivity (Wildman–Crippen MR) is 102 cm³/mol. The first-order valence-electron chi connectivity index (χ1n) is 10.3. The third kappa shape index (κ3) is 2.54. The van der Waals surface area contributed by atoms with E-state index in [1.54, 1.807) is 31.4 Å². The molecule has 4 aliphatic carbocycles. The number of fused-ring (bicyclic) bond motifs is 1. The Morgan fingerprint density at radius 2 is 1.57 bits per heavy atom. The molecule has 28 heavy (non-hydrogen) atoms. The van der Waals surface area contributed by atoms with Crippen molar-refractivity contribution < 1.29 is 19.1 Å². The molecule has 3 amide bonds. The number of nitrogens with one attached hydrogen (secondary N) is 1. The lowest BCUT2D eigenvalue weighted by Crippen LogP contribution is -2.63. The largest absolute Gasteiger partial charge is 0.376 e. The van der Waals surface area contributed by atoms with Gasteiger partial charge in [-0.15, -0.1) is 0 Å². The minimum absolute atomic E-state index is 0.243. The summed E-state index contributed by atoms with van der Waals surface area (Å²) in [6, 6.07) is 6.70. The Bertz CT molecular complexity index is 786. The van der Waals surface area contributed by atoms with Gasteiger partial charge < -0.3 is 10.1 Å². The summed E-state index contributed by atoms with van der Waals surface area (Å²) in [7, 11) is 1.76. The first-order valence-corrected chi connectivity index (χ1v) is 10.3. The minimum Gasteiger partial charge on any atom is -0.376 e. The van der Waals surface area contributed by atoms with Gasteiger partial charge in [0.05, 0.1) is 16.7 Å². The summed E-state index contributed by atoms with van der Waals surface area (Å²) in [6.45, 7) is 0.215. The number of ether oxygens (including phenoxy) is 1. The van der Waals surface area contributed by atoms with E-state index in [4.69, 9.17) is 4.74 Å². The van der Waals surface area contributed by atoms with Crippen LogP contribution >= 0.6 is 0 Å². The van der Waals surface area contributed by atoms with Crippen molar-refractivity contribution in [2.75, 3.05) is 20.2 Å². The lowest BCUT2D eigenvalue weighted by molar-refractivity contribution is -0.188. The molecule has 1 N–H and O–H groups in total. The highest BCUT2D eigenvalue weighted by atomic mass is 16.5. The summed E-state index contributed by atoms with van der Waals surface area (Å²) in [5.41, 5.74) is 0.440. The molecule has 6 nitrogen and oxygen atoms in total. The molecule has 4 bridgehead atoms. The van der Waals surface area contributed by atoms with E-state index < -0.39 is 11.8 Å². The summed E-state index contributed by atoms with van der Waals surface area (Å²) >= 11 is 0. The van der Waals surface area contributed by atoms with Gasteiger partial charge in [0.25, 0.3) is 11.8 Å². The Hall–Kier alpha value is -2.21. The third-order valence-electron chi connectivity index (χ3n) is 7.64. The van der Waals surface area contributed by atoms with Crippen LogP contribution in [0.2, 0.25) is 0 Å². The van der Waals surface area contributed by atoms with Gasteiger partial charge in [-0.05, 0) is 67.9 Å². The molecular weight excluding hydrogens is 356 g/mol. The van der Waals surface area contributed by atoms with Gasteiger partial charge in [-0.3, -0.25) is 19.3 Å². The smallest absolute Gasteiger partial charge is 0.262 e. The summed E-state index contributed by atoms with van der Waals surface area (Å²) < 4.78 is 6.07. The molecule has 4 fully saturated rings. The van der Waals surface area contributed by atoms with E-state index in [0.29, 0.717) is 29.5 Å². The molecule has 0 saturated heterocycles. The van der Waals surface area contributed by atoms with Crippen LogP contribution in [0.15, 0.2) is 24.3 Å². The maximum absolute atomic E-state index is 12.6. The van der Waals surface area contributed by atoms with Crippen molar-refractivity contribution in [3.63, 3.8) is 0 Å². The fourth-order valence-electron chi connectivity index (χ4n) is 6.50. The van der Waals surface area contributed by atoms with Gasteiger partial charge in [-0.1, -0.05) is 12.1 Å². The normalized spacial score (nSPS) is 35.4. The molecule has 1 aromatic carbocycles. The van der Waals surface area contributed by atoms with E-state index in [0.717, 1.165) is 16.7 Å². The van der Waals surface area contributed by atoms with E-state index in [2.05, 4.69) is 5.32 Å². The topological polar surface area (TPSA) is 75.7 Å². The molecule has 6 heteroatoms. The van der Waals surface area contributed by atoms with Crippen LogP contribution in [-0.2, 0) is 9.53 Å². The number of amides is 3. The van der Waals surface area contributed by atoms with Crippen LogP contribution in [0.3, 0.4) is 0 Å². The van der Waals surface area contributed by atoms with Crippen molar-refractivity contribution in [3.8, 4) is 0 Å². The van der Waals surface area contributed by atoms with E-state index >= 15 is 0 Å². The minimum atomic E-state index is -0.396. The average Bonchev–Trinajstić information content (AvgIpc) is 2.93. The second-order valence-corrected chi connectivity index (χ2v) is 8.98. The van der Waals surface area contributed by atoms with Gasteiger partial charge in [0.2, 0.25) is 5.91 Å². The van der Waals surface area contributed by atoms with Gasteiger partial charge >= 0.3 is 0 Å². The van der Waals surface area contributed by atoms with Gasteiger partial charge in [0.1, 0.15) is 6.54 Å². The SMILES string of the molecule is COC1(CNC(=O)CN2C(=O)c3ccccc3C2=O)C2CC3CC(C2)CC1C3. The molecular formula is C22H26N2O4. The molecule has 5 aliphatic rings. The average molecular weight is 382 g/mol. The van der Waals surface area contributed by atoms with Crippen molar-refractivity contribution in [2.24, 2.45) is 23.7 Å². The van der Waals surface area contributed by atoms with Crippen LogP contribution in [0.5, 0.6) is 0 Å². The maximum atomic E-state index is 12.6. The van der Waals surface area contributed by atoms with E-state index in [9.17, 15) is 14.4 Å². The highest BCUT2D eigenvalue weighted by Gasteiger charge is 2.57. The predicted octanol–water partition coefficient (Wildman–Crippen LogP) is 2.24. The summed E-state index contributed by atoms with van der Waals surface area (Å²) in [5, 5.41) is 2.99. The fourth-order valence-corrected chi connectivity index (χ4v) is 6.50. The van der Waals surface area contributed by atoms with Crippen molar-refractivity contribution in [3.05, 3.63) is 35.4 Å². The van der Waals surface area contributed by atoms with Crippen LogP contribution in [0.4, 0.5) is 0 Å². The number of carbonyl (C=O) groups is 3. The zero-order chi connectivity index (χ0) is 19.5. The van der Waals surface area contributed by atoms with Crippen molar-refractivity contribution >= 4 is 17.7 Å². The molecule has 0 unspecified atom stereocenters. The molecule has 1 heterocycles. The third-order valence-corrected chi connectivity index (χ3v) is 7.64. The molecule has 0 atom stereocenters. The summed E-state index contributed by atoms with van der Waals surface area (Å²) in [4.78, 5) is 38.6. The molecule has 0 radical (unpaired) electrons. The Kier molecular flexibility index (Phi) is 4.09. The van der Waals surface area contributed by atoms with E-state index in [1.807, 2.05) is 0 Å². The number of nitrogens with zero attached hydrogens (tertiary/aromatic N) is 1. The molecule has 6 rings (SSSR count). The molecule has 1 aliphatic heterocycles. The summed E-state index contributed by atoms with van der Waals surface area (Å²) in [5.74, 6) is 1.53. The number of hydrogen-bond donors (Lipinski definition) is 1. The second kappa shape index (κ2) is 6.41. The quantitative estimate of drug-likeness (QED) is 0.793. The van der Waals surface area contributed by atoms with Crippen molar-refractivity contribution in [2.45, 2.75) is 37.7 Å². The first kappa shape index (κ1) is 17.9. The summed E-state index contributed by atoms with van der Waals surface area (Å²) in [6.07, 6.45) is 6.12. The Balaban J connectivity index is 1.26. The number of imide groups is 1. The molecule has 148 valence electrons. The highest BCUT2D eigenvalue weighted by Crippen LogP contribution is 2.59. The lowest BCUT2D eigenvalue weighted by atomic mass is 9.49. The Morgan fingerprint density at radius 1 is 1.04 bits per heavy atom. The number of hydrogen-bond acceptors (Lipinski definition) is 4. The standard InChI is InChI=1S/C22H26N2O4/c1-28-22(15-7-13-6-14(9-15)10-16(22)8-13)12-23-19(25)11-24-20(26)17-4-2-3-5-18(17)21(24)27/h2-5,13-16H,6-12H2,1H3,(H,23,25). The second-order valence-electron chi connectivity index (χ2n) is 8.98. The maximum Gasteiger partial charge on any atom is 0.262 e. The fraction of sp³-hybridized carbons (Fsp3) is 0.591. The number of methoxy groups -OCH3 is 1. The number of carbonyl (C=O) groups excluding carboxylic acids is 3. The monoisotopic (exact) mass is 382 g/mol. The van der Waals surface area contributed by atoms with Crippen LogP contribution in [0.1, 0.15) is 52.8 Å². The number of rotatable bonds is 5. The zero-order valence-corrected chi connectivity index (χ0v) is 16.1. The van der Waals surface area contributed by atoms with Crippen LogP contribution in [0, 0.1) is 23.7 Å². The molecule has 4 saturated carbocycles. The zero-order valence-electron chi connectivity index (χ0n) is 16.1. The van der Waals surface area contributed by atoms with Gasteiger partial charge in [-0.2, -0.15) is 0 Å². The van der Waals surface area contributed by atoms with E-state index in [1.165, 1.54) is 32.1 Å². The van der Waals surface area contributed by atoms with Crippen LogP contribution in [0.25, 0.3) is 0 Å². The van der Waals surface area contributed by atoms with Gasteiger partial charge in [-0.25, -0.2) is 0 Å². The lowest BCUT2D eigenvalue weighted by Gasteiger charge is -2.60. The first-order chi connectivity index (χ1) is 13.5. The van der Waals surface area contributed by atoms with Crippen molar-refractivity contribution in [1.29, 1.82) is 0 Å². The molecule has 0 spiro atoms. The van der Waals surface area contributed by atoms with E-state index in [-0.39, 0.29) is 18.1 Å². The Labute approximate surface area is 164 Å². The van der Waals surface area contributed by atoms with Gasteiger partial charge in [0.15, 0.2) is 0 Å². The molecule has 0 aromatic heterocycles. The number of benzene rings is 1. The van der Waals surface area contributed by atoms with Gasteiger partial charge in [0, 0.05) is 13.7 Å². The van der Waals surface area contributed by atoms with Crippen LogP contribution < -0.4 is 5.32 Å². The molecule has 1 aromatic rings.